The van der Waals surface area contributed by atoms with E-state index in [1.807, 2.05) is 0 Å². The minimum absolute atomic E-state index is 0.200. The Balaban J connectivity index is 2.84. The van der Waals surface area contributed by atoms with Crippen molar-refractivity contribution in [3.05, 3.63) is 0 Å². The van der Waals surface area contributed by atoms with Crippen molar-refractivity contribution in [3.63, 3.8) is 0 Å². The van der Waals surface area contributed by atoms with E-state index in [9.17, 15) is 5.11 Å². The van der Waals surface area contributed by atoms with Gasteiger partial charge in [-0.3, -0.25) is 0 Å². The van der Waals surface area contributed by atoms with Crippen molar-refractivity contribution >= 4 is 81.6 Å². The first-order valence-corrected chi connectivity index (χ1v) is 6.43. The van der Waals surface area contributed by atoms with Gasteiger partial charge >= 0.3 is 0 Å². The molecule has 0 amide bonds. The van der Waals surface area contributed by atoms with E-state index in [4.69, 9.17) is 80.1 Å². The molecular weight excluding hydrogens is 373 g/mol. The van der Waals surface area contributed by atoms with Crippen molar-refractivity contribution in [3.8, 4) is 0 Å². The molecule has 0 fully saturated rings. The molecule has 0 aromatic rings. The fourth-order valence-corrected chi connectivity index (χ4v) is 1.27. The predicted octanol–water partition coefficient (Wildman–Crippen LogP) is 1.66. The lowest BCUT2D eigenvalue weighted by molar-refractivity contribution is 0.158. The van der Waals surface area contributed by atoms with Crippen LogP contribution in [0.1, 0.15) is 0 Å². The van der Waals surface area contributed by atoms with E-state index in [2.05, 4.69) is 15.3 Å². The van der Waals surface area contributed by atoms with Crippen molar-refractivity contribution in [1.82, 2.24) is 5.32 Å². The molecule has 104 valence electrons. The van der Waals surface area contributed by atoms with Crippen LogP contribution in [0.5, 0.6) is 0 Å². The number of hydrogen-bond donors (Lipinski definition) is 3. The lowest BCUT2D eigenvalue weighted by Gasteiger charge is -2.26. The molecule has 0 aliphatic carbocycles. The van der Waals surface area contributed by atoms with Crippen LogP contribution in [0, 0.1) is 0 Å². The third-order valence-corrected chi connectivity index (χ3v) is 2.72. The first-order chi connectivity index (χ1) is 8.00. The van der Waals surface area contributed by atoms with E-state index in [0.717, 1.165) is 0 Å². The largest absolute Gasteiger partial charge is 0.434 e. The van der Waals surface area contributed by atoms with Crippen LogP contribution in [0.4, 0.5) is 0 Å². The molecule has 1 rings (SSSR count). The number of aliphatic hydroxyl groups is 1. The van der Waals surface area contributed by atoms with E-state index in [0.29, 0.717) is 0 Å². The van der Waals surface area contributed by atoms with Gasteiger partial charge in [0.15, 0.2) is 6.23 Å². The molecule has 0 spiro atoms. The molecule has 0 saturated carbocycles. The first kappa shape index (κ1) is 16.5. The van der Waals surface area contributed by atoms with E-state index in [1.54, 1.807) is 0 Å². The second-order valence-electron chi connectivity index (χ2n) is 3.00. The normalized spacial score (nSPS) is 22.7. The summed E-state index contributed by atoms with van der Waals surface area (Å²) < 4.78 is 0.996. The zero-order chi connectivity index (χ0) is 14.1. The molecule has 6 nitrogen and oxygen atoms in total. The molecule has 0 radical (unpaired) electrons. The second-order valence-corrected chi connectivity index (χ2v) is 7.74. The highest BCUT2D eigenvalue weighted by atomic mass is 35.6. The van der Waals surface area contributed by atoms with E-state index in [-0.39, 0.29) is 12.0 Å². The number of guanidine groups is 1. The lowest BCUT2D eigenvalue weighted by atomic mass is 10.6. The molecule has 2 unspecified atom stereocenters. The maximum absolute atomic E-state index is 9.48. The first-order valence-electron chi connectivity index (χ1n) is 4.17. The number of aliphatic hydroxyl groups excluding tert-OH is 1. The van der Waals surface area contributed by atoms with Crippen molar-refractivity contribution < 1.29 is 9.84 Å². The standard InChI is InChI=1S/C6H6Cl6N4O2/c7-5(8,9)1(17)14-4-15-2(6(10,11)12)18-3(13)16-4/h1-2,17H,(H3,13,14,15,16). The zero-order valence-electron chi connectivity index (χ0n) is 8.25. The molecule has 1 heterocycles. The van der Waals surface area contributed by atoms with Crippen LogP contribution in [0.3, 0.4) is 0 Å². The number of rotatable bonds is 1. The minimum Gasteiger partial charge on any atom is -0.434 e. The number of alkyl halides is 6. The van der Waals surface area contributed by atoms with Gasteiger partial charge in [0.25, 0.3) is 6.02 Å². The topological polar surface area (TPSA) is 92.2 Å². The van der Waals surface area contributed by atoms with E-state index < -0.39 is 20.0 Å². The van der Waals surface area contributed by atoms with Gasteiger partial charge in [-0.2, -0.15) is 4.99 Å². The Labute approximate surface area is 132 Å². The van der Waals surface area contributed by atoms with Crippen LogP contribution in [-0.2, 0) is 4.74 Å². The Hall–Kier alpha value is 0.440. The smallest absolute Gasteiger partial charge is 0.292 e. The Morgan fingerprint density at radius 3 is 2.28 bits per heavy atom. The number of aliphatic imine (C=N–C) groups is 2. The molecule has 0 aromatic heterocycles. The number of nitrogens with two attached hydrogens (primary N) is 1. The van der Waals surface area contributed by atoms with Gasteiger partial charge in [-0.1, -0.05) is 69.6 Å². The quantitative estimate of drug-likeness (QED) is 0.478. The summed E-state index contributed by atoms with van der Waals surface area (Å²) in [6.07, 6.45) is -2.84. The van der Waals surface area contributed by atoms with Crippen LogP contribution in [-0.4, -0.2) is 37.1 Å². The van der Waals surface area contributed by atoms with Gasteiger partial charge < -0.3 is 20.9 Å². The van der Waals surface area contributed by atoms with Crippen LogP contribution < -0.4 is 11.1 Å². The predicted molar refractivity (Wildman–Crippen MR) is 73.7 cm³/mol. The maximum atomic E-state index is 9.48. The summed E-state index contributed by atoms with van der Waals surface area (Å²) in [5.74, 6) is -0.200. The Morgan fingerprint density at radius 2 is 1.83 bits per heavy atom. The fraction of sp³-hybridized carbons (Fsp3) is 0.667. The van der Waals surface area contributed by atoms with Crippen LogP contribution in [0.2, 0.25) is 0 Å². The Bertz CT molecular complexity index is 375. The van der Waals surface area contributed by atoms with Gasteiger partial charge in [-0.05, 0) is 0 Å². The maximum Gasteiger partial charge on any atom is 0.292 e. The number of ether oxygens (including phenoxy) is 1. The number of nitrogens with zero attached hydrogens (tertiary/aromatic N) is 2. The molecule has 0 aromatic carbocycles. The number of nitrogens with one attached hydrogen (secondary N) is 1. The van der Waals surface area contributed by atoms with Crippen LogP contribution in [0.15, 0.2) is 9.98 Å². The molecule has 18 heavy (non-hydrogen) atoms. The molecule has 1 aliphatic rings. The monoisotopic (exact) mass is 376 g/mol. The van der Waals surface area contributed by atoms with Crippen molar-refractivity contribution in [2.24, 2.45) is 15.7 Å². The third kappa shape index (κ3) is 4.85. The van der Waals surface area contributed by atoms with Crippen molar-refractivity contribution in [2.45, 2.75) is 20.0 Å². The highest BCUT2D eigenvalue weighted by Crippen LogP contribution is 2.34. The van der Waals surface area contributed by atoms with Gasteiger partial charge in [0.2, 0.25) is 19.8 Å². The lowest BCUT2D eigenvalue weighted by Crippen LogP contribution is -2.47. The van der Waals surface area contributed by atoms with Gasteiger partial charge in [-0.25, -0.2) is 4.99 Å². The highest BCUT2D eigenvalue weighted by Gasteiger charge is 2.38. The Morgan fingerprint density at radius 1 is 1.28 bits per heavy atom. The summed E-state index contributed by atoms with van der Waals surface area (Å²) in [4.78, 5) is 7.34. The summed E-state index contributed by atoms with van der Waals surface area (Å²) in [5, 5.41) is 11.8. The van der Waals surface area contributed by atoms with E-state index >= 15 is 0 Å². The molecule has 0 saturated heterocycles. The number of hydrogen-bond acceptors (Lipinski definition) is 6. The van der Waals surface area contributed by atoms with Gasteiger partial charge in [-0.15, -0.1) is 0 Å². The molecule has 1 aliphatic heterocycles. The molecular formula is C6H6Cl6N4O2. The second kappa shape index (κ2) is 5.83. The minimum atomic E-state index is -2.00. The number of halogens is 6. The molecule has 0 bridgehead atoms. The zero-order valence-corrected chi connectivity index (χ0v) is 12.8. The van der Waals surface area contributed by atoms with Gasteiger partial charge in [0.1, 0.15) is 0 Å². The summed E-state index contributed by atoms with van der Waals surface area (Å²) in [6.45, 7) is 0. The average molecular weight is 379 g/mol. The highest BCUT2D eigenvalue weighted by molar-refractivity contribution is 6.68. The van der Waals surface area contributed by atoms with Crippen LogP contribution >= 0.6 is 69.6 Å². The third-order valence-electron chi connectivity index (χ3n) is 1.54. The fourth-order valence-electron chi connectivity index (χ4n) is 0.825. The summed E-state index contributed by atoms with van der Waals surface area (Å²) in [7, 11) is 0. The molecule has 2 atom stereocenters. The summed E-state index contributed by atoms with van der Waals surface area (Å²) >= 11 is 33.1. The SMILES string of the molecule is NC1=NC(NC(O)C(Cl)(Cl)Cl)=NC(C(Cl)(Cl)Cl)O1. The summed E-state index contributed by atoms with van der Waals surface area (Å²) in [6, 6.07) is -0.319. The Kier molecular flexibility index (Phi) is 5.34. The van der Waals surface area contributed by atoms with Gasteiger partial charge in [0.05, 0.1) is 0 Å². The van der Waals surface area contributed by atoms with Gasteiger partial charge in [0, 0.05) is 0 Å². The molecule has 4 N–H and O–H groups in total. The van der Waals surface area contributed by atoms with Crippen molar-refractivity contribution in [1.29, 1.82) is 0 Å². The number of amidine groups is 1. The van der Waals surface area contributed by atoms with E-state index in [1.165, 1.54) is 0 Å². The molecule has 12 heteroatoms. The summed E-state index contributed by atoms with van der Waals surface area (Å²) in [5.41, 5.74) is 5.35. The average Bonchev–Trinajstić information content (AvgIpc) is 2.13. The van der Waals surface area contributed by atoms with Crippen molar-refractivity contribution in [2.75, 3.05) is 0 Å². The van der Waals surface area contributed by atoms with Crippen LogP contribution in [0.25, 0.3) is 0 Å².